The minimum atomic E-state index is -1.12. The van der Waals surface area contributed by atoms with Crippen LogP contribution in [0.2, 0.25) is 0 Å². The number of aromatic nitrogens is 2. The first-order valence-corrected chi connectivity index (χ1v) is 4.89. The van der Waals surface area contributed by atoms with Crippen LogP contribution >= 0.6 is 0 Å². The maximum absolute atomic E-state index is 10.7. The lowest BCUT2D eigenvalue weighted by atomic mass is 10.3. The van der Waals surface area contributed by atoms with E-state index < -0.39 is 25.0 Å². The molecule has 0 aromatic carbocycles. The lowest BCUT2D eigenvalue weighted by molar-refractivity contribution is -0.136. The Morgan fingerprint density at radius 2 is 1.76 bits per heavy atom. The van der Waals surface area contributed by atoms with Crippen LogP contribution in [0.15, 0.2) is 6.20 Å². The van der Waals surface area contributed by atoms with Crippen LogP contribution in [-0.4, -0.2) is 45.2 Å². The molecule has 92 valence electrons. The van der Waals surface area contributed by atoms with Gasteiger partial charge in [-0.1, -0.05) is 0 Å². The van der Waals surface area contributed by atoms with E-state index in [1.54, 1.807) is 20.0 Å². The summed E-state index contributed by atoms with van der Waals surface area (Å²) in [4.78, 5) is 30.7. The maximum Gasteiger partial charge on any atom is 0.323 e. The first-order valence-electron chi connectivity index (χ1n) is 4.89. The van der Waals surface area contributed by atoms with Gasteiger partial charge in [-0.2, -0.15) is 0 Å². The quantitative estimate of drug-likeness (QED) is 0.749. The van der Waals surface area contributed by atoms with Crippen molar-refractivity contribution in [2.75, 3.05) is 18.0 Å². The van der Waals surface area contributed by atoms with E-state index in [-0.39, 0.29) is 5.82 Å². The molecule has 0 atom stereocenters. The predicted octanol–water partition coefficient (Wildman–Crippen LogP) is 0.0690. The average molecular weight is 239 g/mol. The van der Waals surface area contributed by atoms with Crippen LogP contribution in [-0.2, 0) is 9.59 Å². The Kier molecular flexibility index (Phi) is 3.97. The molecule has 2 N–H and O–H groups in total. The highest BCUT2D eigenvalue weighted by Gasteiger charge is 2.18. The molecule has 1 aromatic heterocycles. The molecule has 0 radical (unpaired) electrons. The number of carbonyl (C=O) groups is 2. The van der Waals surface area contributed by atoms with E-state index in [1.807, 2.05) is 0 Å². The highest BCUT2D eigenvalue weighted by Crippen LogP contribution is 2.14. The van der Waals surface area contributed by atoms with Crippen molar-refractivity contribution in [3.05, 3.63) is 17.6 Å². The fourth-order valence-corrected chi connectivity index (χ4v) is 1.36. The van der Waals surface area contributed by atoms with Crippen LogP contribution in [0, 0.1) is 13.8 Å². The number of aliphatic carboxylic acids is 2. The van der Waals surface area contributed by atoms with Crippen molar-refractivity contribution >= 4 is 17.8 Å². The molecular formula is C10H13N3O4. The Bertz CT molecular complexity index is 431. The van der Waals surface area contributed by atoms with Gasteiger partial charge in [-0.15, -0.1) is 0 Å². The van der Waals surface area contributed by atoms with Crippen LogP contribution in [0.3, 0.4) is 0 Å². The molecule has 1 aromatic rings. The van der Waals surface area contributed by atoms with Crippen molar-refractivity contribution in [2.24, 2.45) is 0 Å². The van der Waals surface area contributed by atoms with Gasteiger partial charge >= 0.3 is 11.9 Å². The Balaban J connectivity index is 3.06. The van der Waals surface area contributed by atoms with Gasteiger partial charge in [0, 0.05) is 6.20 Å². The number of carboxylic acids is 2. The van der Waals surface area contributed by atoms with E-state index in [4.69, 9.17) is 10.2 Å². The van der Waals surface area contributed by atoms with Crippen molar-refractivity contribution in [1.82, 2.24) is 9.97 Å². The average Bonchev–Trinajstić information content (AvgIpc) is 2.19. The van der Waals surface area contributed by atoms with Gasteiger partial charge in [0.05, 0.1) is 11.4 Å². The lowest BCUT2D eigenvalue weighted by Gasteiger charge is -2.20. The van der Waals surface area contributed by atoms with E-state index >= 15 is 0 Å². The van der Waals surface area contributed by atoms with Gasteiger partial charge in [0.1, 0.15) is 13.1 Å². The molecule has 0 aliphatic rings. The number of carboxylic acid groups (broad SMARTS) is 2. The zero-order valence-electron chi connectivity index (χ0n) is 9.54. The van der Waals surface area contributed by atoms with E-state index in [9.17, 15) is 9.59 Å². The third kappa shape index (κ3) is 3.71. The molecule has 0 aliphatic heterocycles. The third-order valence-electron chi connectivity index (χ3n) is 2.00. The zero-order valence-corrected chi connectivity index (χ0v) is 9.54. The summed E-state index contributed by atoms with van der Waals surface area (Å²) in [5, 5.41) is 17.5. The summed E-state index contributed by atoms with van der Waals surface area (Å²) in [6, 6.07) is 0. The maximum atomic E-state index is 10.7. The summed E-state index contributed by atoms with van der Waals surface area (Å²) in [5.74, 6) is -1.95. The highest BCUT2D eigenvalue weighted by molar-refractivity contribution is 5.79. The molecular weight excluding hydrogens is 226 g/mol. The Labute approximate surface area is 97.7 Å². The van der Waals surface area contributed by atoms with Gasteiger partial charge in [-0.25, -0.2) is 4.98 Å². The predicted molar refractivity (Wildman–Crippen MR) is 59.0 cm³/mol. The third-order valence-corrected chi connectivity index (χ3v) is 2.00. The molecule has 1 heterocycles. The number of rotatable bonds is 5. The molecule has 0 unspecified atom stereocenters. The first kappa shape index (κ1) is 12.9. The number of aryl methyl sites for hydroxylation is 2. The fraction of sp³-hybridized carbons (Fsp3) is 0.400. The molecule has 0 saturated carbocycles. The van der Waals surface area contributed by atoms with Gasteiger partial charge < -0.3 is 15.1 Å². The molecule has 17 heavy (non-hydrogen) atoms. The van der Waals surface area contributed by atoms with Crippen molar-refractivity contribution in [2.45, 2.75) is 13.8 Å². The Morgan fingerprint density at radius 3 is 2.24 bits per heavy atom. The molecule has 7 nitrogen and oxygen atoms in total. The van der Waals surface area contributed by atoms with Crippen LogP contribution in [0.1, 0.15) is 11.4 Å². The standard InChI is InChI=1S/C10H13N3O4/c1-6-3-11-7(2)10(12-6)13(4-8(14)15)5-9(16)17/h3H,4-5H2,1-2H3,(H,14,15)(H,16,17). The molecule has 0 fully saturated rings. The topological polar surface area (TPSA) is 104 Å². The smallest absolute Gasteiger partial charge is 0.323 e. The van der Waals surface area contributed by atoms with Crippen molar-refractivity contribution in [3.8, 4) is 0 Å². The second-order valence-electron chi connectivity index (χ2n) is 3.56. The minimum Gasteiger partial charge on any atom is -0.480 e. The number of hydrogen-bond acceptors (Lipinski definition) is 5. The Hall–Kier alpha value is -2.18. The van der Waals surface area contributed by atoms with Crippen LogP contribution in [0.4, 0.5) is 5.82 Å². The molecule has 0 spiro atoms. The summed E-state index contributed by atoms with van der Waals surface area (Å²) in [7, 11) is 0. The monoisotopic (exact) mass is 239 g/mol. The van der Waals surface area contributed by atoms with Crippen molar-refractivity contribution in [3.63, 3.8) is 0 Å². The van der Waals surface area contributed by atoms with Crippen molar-refractivity contribution in [1.29, 1.82) is 0 Å². The lowest BCUT2D eigenvalue weighted by Crippen LogP contribution is -2.35. The second-order valence-corrected chi connectivity index (χ2v) is 3.56. The Morgan fingerprint density at radius 1 is 1.24 bits per heavy atom. The molecule has 7 heteroatoms. The van der Waals surface area contributed by atoms with Crippen molar-refractivity contribution < 1.29 is 19.8 Å². The fourth-order valence-electron chi connectivity index (χ4n) is 1.36. The van der Waals surface area contributed by atoms with Gasteiger partial charge in [-0.3, -0.25) is 14.6 Å². The largest absolute Gasteiger partial charge is 0.480 e. The first-order chi connectivity index (χ1) is 7.90. The van der Waals surface area contributed by atoms with Crippen LogP contribution in [0.25, 0.3) is 0 Å². The molecule has 0 amide bonds. The van der Waals surface area contributed by atoms with Crippen LogP contribution in [0.5, 0.6) is 0 Å². The molecule has 0 bridgehead atoms. The molecule has 0 aliphatic carbocycles. The number of anilines is 1. The molecule has 1 rings (SSSR count). The summed E-state index contributed by atoms with van der Waals surface area (Å²) >= 11 is 0. The van der Waals surface area contributed by atoms with E-state index in [1.165, 1.54) is 4.90 Å². The summed E-state index contributed by atoms with van der Waals surface area (Å²) in [6.45, 7) is 2.50. The minimum absolute atomic E-state index is 0.287. The van der Waals surface area contributed by atoms with Gasteiger partial charge in [0.25, 0.3) is 0 Å². The second kappa shape index (κ2) is 5.24. The van der Waals surface area contributed by atoms with E-state index in [0.29, 0.717) is 11.4 Å². The van der Waals surface area contributed by atoms with Gasteiger partial charge in [0.2, 0.25) is 0 Å². The summed E-state index contributed by atoms with van der Waals surface area (Å²) < 4.78 is 0. The van der Waals surface area contributed by atoms with E-state index in [0.717, 1.165) is 0 Å². The highest BCUT2D eigenvalue weighted by atomic mass is 16.4. The van der Waals surface area contributed by atoms with Gasteiger partial charge in [-0.05, 0) is 13.8 Å². The number of hydrogen-bond donors (Lipinski definition) is 2. The SMILES string of the molecule is Cc1cnc(C)c(N(CC(=O)O)CC(=O)O)n1. The number of nitrogens with zero attached hydrogens (tertiary/aromatic N) is 3. The normalized spacial score (nSPS) is 10.0. The zero-order chi connectivity index (χ0) is 13.0. The summed E-state index contributed by atoms with van der Waals surface area (Å²) in [6.07, 6.45) is 1.54. The van der Waals surface area contributed by atoms with Gasteiger partial charge in [0.15, 0.2) is 5.82 Å². The van der Waals surface area contributed by atoms with E-state index in [2.05, 4.69) is 9.97 Å². The van der Waals surface area contributed by atoms with Crippen LogP contribution < -0.4 is 4.90 Å². The summed E-state index contributed by atoms with van der Waals surface area (Å²) in [5.41, 5.74) is 1.10. The molecule has 0 saturated heterocycles.